The fraction of sp³-hybridized carbons (Fsp3) is 0.0741. The molecule has 5 rings (SSSR count). The standard InChI is InChI=1S/C27H20ClFN4OS/c1-2-21(22-10-9-20(29)14-23(22)28)26(18-8-11-24-19(13-18)15-30-32-24)17-6-3-16(4-7-17)5-12-25-31-27(35)34-33-25/h3-15H,2H2,1H3,(H,30,32)(H,31,33,35)/b12-5+,26-21+. The van der Waals surface area contributed by atoms with Gasteiger partial charge in [-0.3, -0.25) is 10.1 Å². The summed E-state index contributed by atoms with van der Waals surface area (Å²) >= 11 is 11.4. The lowest BCUT2D eigenvalue weighted by Crippen LogP contribution is -1.96. The predicted molar refractivity (Wildman–Crippen MR) is 141 cm³/mol. The Morgan fingerprint density at radius 3 is 2.57 bits per heavy atom. The Hall–Kier alpha value is -3.81. The molecule has 2 heterocycles. The number of nitrogens with zero attached hydrogens (tertiary/aromatic N) is 2. The quantitative estimate of drug-likeness (QED) is 0.182. The second-order valence-corrected chi connectivity index (χ2v) is 8.72. The van der Waals surface area contributed by atoms with E-state index in [0.717, 1.165) is 44.3 Å². The molecule has 0 radical (unpaired) electrons. The Morgan fingerprint density at radius 2 is 1.86 bits per heavy atom. The molecular weight excluding hydrogens is 483 g/mol. The summed E-state index contributed by atoms with van der Waals surface area (Å²) in [6.07, 6.45) is 6.23. The van der Waals surface area contributed by atoms with E-state index in [1.54, 1.807) is 18.3 Å². The highest BCUT2D eigenvalue weighted by atomic mass is 35.5. The molecule has 0 atom stereocenters. The third-order valence-electron chi connectivity index (χ3n) is 5.73. The Balaban J connectivity index is 1.63. The van der Waals surface area contributed by atoms with Crippen LogP contribution in [0.4, 0.5) is 4.39 Å². The van der Waals surface area contributed by atoms with E-state index in [1.165, 1.54) is 12.1 Å². The lowest BCUT2D eigenvalue weighted by molar-refractivity contribution is 0.403. The van der Waals surface area contributed by atoms with Crippen molar-refractivity contribution in [1.29, 1.82) is 0 Å². The number of aromatic amines is 2. The largest absolute Gasteiger partial charge is 0.324 e. The van der Waals surface area contributed by atoms with Crippen molar-refractivity contribution in [2.24, 2.45) is 0 Å². The normalized spacial score (nSPS) is 12.4. The molecule has 2 N–H and O–H groups in total. The first-order chi connectivity index (χ1) is 17.0. The van der Waals surface area contributed by atoms with E-state index in [-0.39, 0.29) is 10.7 Å². The lowest BCUT2D eigenvalue weighted by atomic mass is 9.87. The van der Waals surface area contributed by atoms with Gasteiger partial charge in [0.15, 0.2) is 5.82 Å². The molecule has 174 valence electrons. The number of benzene rings is 3. The number of H-pyrrole nitrogens is 2. The Kier molecular flexibility index (Phi) is 6.44. The van der Waals surface area contributed by atoms with Gasteiger partial charge in [-0.25, -0.2) is 4.39 Å². The summed E-state index contributed by atoms with van der Waals surface area (Å²) in [6, 6.07) is 18.9. The summed E-state index contributed by atoms with van der Waals surface area (Å²) in [5, 5.41) is 12.4. The molecule has 35 heavy (non-hydrogen) atoms. The average Bonchev–Trinajstić information content (AvgIpc) is 3.50. The van der Waals surface area contributed by atoms with Crippen molar-refractivity contribution in [1.82, 2.24) is 20.3 Å². The first-order valence-electron chi connectivity index (χ1n) is 11.0. The monoisotopic (exact) mass is 502 g/mol. The van der Waals surface area contributed by atoms with Gasteiger partial charge in [0, 0.05) is 5.39 Å². The molecule has 8 heteroatoms. The van der Waals surface area contributed by atoms with Crippen LogP contribution in [0.3, 0.4) is 0 Å². The van der Waals surface area contributed by atoms with Crippen molar-refractivity contribution in [2.45, 2.75) is 13.3 Å². The number of allylic oxidation sites excluding steroid dienone is 1. The van der Waals surface area contributed by atoms with Gasteiger partial charge in [-0.1, -0.05) is 66.2 Å². The average molecular weight is 503 g/mol. The topological polar surface area (TPSA) is 70.5 Å². The maximum Gasteiger partial charge on any atom is 0.295 e. The van der Waals surface area contributed by atoms with Crippen LogP contribution in [0.5, 0.6) is 0 Å². The van der Waals surface area contributed by atoms with E-state index < -0.39 is 0 Å². The zero-order valence-electron chi connectivity index (χ0n) is 18.7. The van der Waals surface area contributed by atoms with E-state index in [0.29, 0.717) is 17.3 Å². The van der Waals surface area contributed by atoms with Gasteiger partial charge in [-0.15, -0.1) is 0 Å². The van der Waals surface area contributed by atoms with Crippen LogP contribution in [-0.4, -0.2) is 20.3 Å². The molecule has 2 aromatic heterocycles. The van der Waals surface area contributed by atoms with Crippen LogP contribution in [0.2, 0.25) is 5.02 Å². The summed E-state index contributed by atoms with van der Waals surface area (Å²) in [6.45, 7) is 2.07. The number of aromatic nitrogens is 4. The zero-order valence-corrected chi connectivity index (χ0v) is 20.3. The molecule has 5 nitrogen and oxygen atoms in total. The fourth-order valence-electron chi connectivity index (χ4n) is 4.10. The van der Waals surface area contributed by atoms with E-state index in [4.69, 9.17) is 28.3 Å². The van der Waals surface area contributed by atoms with Crippen LogP contribution >= 0.6 is 23.8 Å². The molecule has 0 fully saturated rings. The minimum absolute atomic E-state index is 0.232. The molecule has 0 amide bonds. The maximum absolute atomic E-state index is 13.8. The summed E-state index contributed by atoms with van der Waals surface area (Å²) in [7, 11) is 0. The van der Waals surface area contributed by atoms with Crippen LogP contribution in [0.1, 0.15) is 41.4 Å². The van der Waals surface area contributed by atoms with Gasteiger partial charge in [-0.05, 0) is 82.4 Å². The second kappa shape index (κ2) is 9.82. The van der Waals surface area contributed by atoms with Crippen LogP contribution in [-0.2, 0) is 0 Å². The van der Waals surface area contributed by atoms with Gasteiger partial charge in [0.1, 0.15) is 5.82 Å². The molecule has 0 aliphatic heterocycles. The SMILES string of the molecule is CC/C(=C(/c1ccc(/C=C/c2noc(=S)[nH]2)cc1)c1ccc2[nH]ncc2c1)c1ccc(F)cc1Cl. The highest BCUT2D eigenvalue weighted by Crippen LogP contribution is 2.38. The molecule has 3 aromatic carbocycles. The number of halogens is 2. The minimum atomic E-state index is -0.362. The zero-order chi connectivity index (χ0) is 24.4. The third kappa shape index (κ3) is 4.87. The number of hydrogen-bond donors (Lipinski definition) is 2. The molecule has 0 aliphatic carbocycles. The van der Waals surface area contributed by atoms with Crippen molar-refractivity contribution in [3.8, 4) is 0 Å². The predicted octanol–water partition coefficient (Wildman–Crippen LogP) is 7.94. The highest BCUT2D eigenvalue weighted by molar-refractivity contribution is 7.71. The van der Waals surface area contributed by atoms with Crippen molar-refractivity contribution in [2.75, 3.05) is 0 Å². The fourth-order valence-corrected chi connectivity index (χ4v) is 4.52. The van der Waals surface area contributed by atoms with E-state index in [1.807, 2.05) is 24.3 Å². The van der Waals surface area contributed by atoms with Gasteiger partial charge in [0.25, 0.3) is 4.84 Å². The molecule has 0 unspecified atom stereocenters. The first-order valence-corrected chi connectivity index (χ1v) is 11.8. The maximum atomic E-state index is 13.8. The van der Waals surface area contributed by atoms with Gasteiger partial charge in [0.2, 0.25) is 0 Å². The van der Waals surface area contributed by atoms with Crippen LogP contribution in [0.25, 0.3) is 34.2 Å². The van der Waals surface area contributed by atoms with Gasteiger partial charge >= 0.3 is 0 Å². The number of hydrogen-bond acceptors (Lipinski definition) is 4. The molecule has 0 bridgehead atoms. The van der Waals surface area contributed by atoms with Gasteiger partial charge in [0.05, 0.1) is 16.7 Å². The number of fused-ring (bicyclic) bond motifs is 1. The van der Waals surface area contributed by atoms with Gasteiger partial charge < -0.3 is 4.52 Å². The minimum Gasteiger partial charge on any atom is -0.324 e. The van der Waals surface area contributed by atoms with Crippen molar-refractivity contribution >= 4 is 58.0 Å². The molecule has 5 aromatic rings. The van der Waals surface area contributed by atoms with Crippen molar-refractivity contribution < 1.29 is 8.91 Å². The summed E-state index contributed by atoms with van der Waals surface area (Å²) < 4.78 is 18.7. The van der Waals surface area contributed by atoms with Crippen molar-refractivity contribution in [3.63, 3.8) is 0 Å². The molecular formula is C27H20ClFN4OS. The summed E-state index contributed by atoms with van der Waals surface area (Å²) in [4.78, 5) is 3.09. The lowest BCUT2D eigenvalue weighted by Gasteiger charge is -2.18. The molecule has 0 aliphatic rings. The highest BCUT2D eigenvalue weighted by Gasteiger charge is 2.16. The number of rotatable bonds is 6. The number of nitrogens with one attached hydrogen (secondary N) is 2. The summed E-state index contributed by atoms with van der Waals surface area (Å²) in [5.41, 5.74) is 6.84. The Bertz CT molecular complexity index is 1630. The molecule has 0 saturated carbocycles. The smallest absolute Gasteiger partial charge is 0.295 e. The molecule has 0 saturated heterocycles. The molecule has 0 spiro atoms. The third-order valence-corrected chi connectivity index (χ3v) is 6.22. The Morgan fingerprint density at radius 1 is 1.06 bits per heavy atom. The van der Waals surface area contributed by atoms with Crippen LogP contribution < -0.4 is 0 Å². The van der Waals surface area contributed by atoms with Crippen LogP contribution in [0, 0.1) is 10.7 Å². The van der Waals surface area contributed by atoms with E-state index >= 15 is 0 Å². The van der Waals surface area contributed by atoms with E-state index in [9.17, 15) is 4.39 Å². The first kappa shape index (κ1) is 23.0. The van der Waals surface area contributed by atoms with Gasteiger partial charge in [-0.2, -0.15) is 5.10 Å². The van der Waals surface area contributed by atoms with E-state index in [2.05, 4.69) is 51.5 Å². The van der Waals surface area contributed by atoms with Crippen LogP contribution in [0.15, 0.2) is 71.4 Å². The Labute approximate surface area is 211 Å². The second-order valence-electron chi connectivity index (χ2n) is 7.94. The summed E-state index contributed by atoms with van der Waals surface area (Å²) in [5.74, 6) is 0.187. The van der Waals surface area contributed by atoms with Crippen molar-refractivity contribution in [3.05, 3.63) is 111 Å².